The van der Waals surface area contributed by atoms with Gasteiger partial charge in [0.15, 0.2) is 11.9 Å². The highest BCUT2D eigenvalue weighted by Gasteiger charge is 2.14. The third kappa shape index (κ3) is 2.40. The minimum atomic E-state index is -0.560. The fraction of sp³-hybridized carbons (Fsp3) is 0.308. The molecule has 0 radical (unpaired) electrons. The number of aromatic amines is 1. The maximum atomic E-state index is 11.8. The number of carbonyl (C=O) groups is 1. The Kier molecular flexibility index (Phi) is 3.41. The van der Waals surface area contributed by atoms with Crippen molar-refractivity contribution in [1.29, 1.82) is 0 Å². The SMILES string of the molecule is CCC(=O)O[C@@H](C)c1nc2ccccc2c(=O)[nH]1. The monoisotopic (exact) mass is 246 g/mol. The van der Waals surface area contributed by atoms with E-state index in [-0.39, 0.29) is 11.5 Å². The molecule has 18 heavy (non-hydrogen) atoms. The van der Waals surface area contributed by atoms with Crippen molar-refractivity contribution in [3.63, 3.8) is 0 Å². The molecule has 2 rings (SSSR count). The zero-order valence-corrected chi connectivity index (χ0v) is 10.3. The van der Waals surface area contributed by atoms with E-state index in [2.05, 4.69) is 9.97 Å². The summed E-state index contributed by atoms with van der Waals surface area (Å²) in [5.41, 5.74) is 0.366. The smallest absolute Gasteiger partial charge is 0.306 e. The second-order valence-electron chi connectivity index (χ2n) is 3.95. The van der Waals surface area contributed by atoms with Crippen LogP contribution in [0.5, 0.6) is 0 Å². The number of fused-ring (bicyclic) bond motifs is 1. The average Bonchev–Trinajstić information content (AvgIpc) is 2.38. The number of nitrogens with zero attached hydrogens (tertiary/aromatic N) is 1. The molecule has 1 N–H and O–H groups in total. The van der Waals surface area contributed by atoms with Crippen LogP contribution >= 0.6 is 0 Å². The molecule has 0 saturated heterocycles. The Balaban J connectivity index is 2.40. The summed E-state index contributed by atoms with van der Waals surface area (Å²) >= 11 is 0. The van der Waals surface area contributed by atoms with Crippen molar-refractivity contribution in [1.82, 2.24) is 9.97 Å². The molecule has 1 atom stereocenters. The average molecular weight is 246 g/mol. The largest absolute Gasteiger partial charge is 0.454 e. The quantitative estimate of drug-likeness (QED) is 0.840. The Hall–Kier alpha value is -2.17. The van der Waals surface area contributed by atoms with Crippen LogP contribution in [0.25, 0.3) is 10.9 Å². The summed E-state index contributed by atoms with van der Waals surface area (Å²) in [7, 11) is 0. The Morgan fingerprint density at radius 2 is 2.17 bits per heavy atom. The topological polar surface area (TPSA) is 72.0 Å². The van der Waals surface area contributed by atoms with E-state index in [4.69, 9.17) is 4.74 Å². The Bertz CT molecular complexity index is 633. The lowest BCUT2D eigenvalue weighted by atomic mass is 10.2. The van der Waals surface area contributed by atoms with Crippen LogP contribution in [0, 0.1) is 0 Å². The summed E-state index contributed by atoms with van der Waals surface area (Å²) < 4.78 is 5.12. The third-order valence-corrected chi connectivity index (χ3v) is 2.61. The van der Waals surface area contributed by atoms with Crippen molar-refractivity contribution in [2.75, 3.05) is 0 Å². The molecule has 0 fully saturated rings. The van der Waals surface area contributed by atoms with Crippen molar-refractivity contribution >= 4 is 16.9 Å². The molecule has 0 bridgehead atoms. The van der Waals surface area contributed by atoms with Gasteiger partial charge in [-0.1, -0.05) is 19.1 Å². The first-order chi connectivity index (χ1) is 8.61. The van der Waals surface area contributed by atoms with Crippen molar-refractivity contribution in [3.05, 3.63) is 40.4 Å². The summed E-state index contributed by atoms with van der Waals surface area (Å²) in [5.74, 6) is 0.0406. The minimum absolute atomic E-state index is 0.227. The van der Waals surface area contributed by atoms with Gasteiger partial charge in [-0.25, -0.2) is 4.98 Å². The molecule has 5 nitrogen and oxygen atoms in total. The highest BCUT2D eigenvalue weighted by Crippen LogP contribution is 2.14. The van der Waals surface area contributed by atoms with Crippen LogP contribution in [0.2, 0.25) is 0 Å². The summed E-state index contributed by atoms with van der Waals surface area (Å²) in [6.45, 7) is 3.40. The molecule has 0 aliphatic rings. The summed E-state index contributed by atoms with van der Waals surface area (Å²) in [6.07, 6.45) is -0.267. The molecule has 94 valence electrons. The summed E-state index contributed by atoms with van der Waals surface area (Å²) in [4.78, 5) is 30.0. The van der Waals surface area contributed by atoms with Crippen LogP contribution in [-0.4, -0.2) is 15.9 Å². The summed E-state index contributed by atoms with van der Waals surface area (Å²) in [6, 6.07) is 7.04. The van der Waals surface area contributed by atoms with E-state index in [1.54, 1.807) is 38.1 Å². The second-order valence-corrected chi connectivity index (χ2v) is 3.95. The molecule has 0 spiro atoms. The number of hydrogen-bond donors (Lipinski definition) is 1. The van der Waals surface area contributed by atoms with E-state index in [1.807, 2.05) is 0 Å². The molecule has 0 amide bonds. The van der Waals surface area contributed by atoms with Gasteiger partial charge in [0.1, 0.15) is 0 Å². The molecule has 0 saturated carbocycles. The van der Waals surface area contributed by atoms with Crippen LogP contribution in [0.3, 0.4) is 0 Å². The molecule has 0 aliphatic heterocycles. The second kappa shape index (κ2) is 5.00. The molecule has 1 heterocycles. The zero-order chi connectivity index (χ0) is 13.1. The number of para-hydroxylation sites is 1. The first-order valence-electron chi connectivity index (χ1n) is 5.80. The van der Waals surface area contributed by atoms with Crippen LogP contribution in [0.15, 0.2) is 29.1 Å². The number of rotatable bonds is 3. The van der Waals surface area contributed by atoms with Crippen LogP contribution in [-0.2, 0) is 9.53 Å². The normalized spacial score (nSPS) is 12.3. The Morgan fingerprint density at radius 1 is 1.44 bits per heavy atom. The van der Waals surface area contributed by atoms with E-state index in [1.165, 1.54) is 0 Å². The van der Waals surface area contributed by atoms with Gasteiger partial charge >= 0.3 is 5.97 Å². The van der Waals surface area contributed by atoms with Gasteiger partial charge in [0, 0.05) is 6.42 Å². The van der Waals surface area contributed by atoms with E-state index in [0.29, 0.717) is 23.1 Å². The van der Waals surface area contributed by atoms with Crippen LogP contribution < -0.4 is 5.56 Å². The van der Waals surface area contributed by atoms with E-state index >= 15 is 0 Å². The number of esters is 1. The Labute approximate surface area is 104 Å². The molecule has 0 unspecified atom stereocenters. The number of benzene rings is 1. The number of hydrogen-bond acceptors (Lipinski definition) is 4. The fourth-order valence-corrected chi connectivity index (χ4v) is 1.63. The molecule has 5 heteroatoms. The number of H-pyrrole nitrogens is 1. The first kappa shape index (κ1) is 12.3. The standard InChI is InChI=1S/C13H14N2O3/c1-3-11(16)18-8(2)12-14-10-7-5-4-6-9(10)13(17)15-12/h4-8H,3H2,1-2H3,(H,14,15,17)/t8-/m0/s1. The van der Waals surface area contributed by atoms with Gasteiger partial charge in [-0.3, -0.25) is 9.59 Å². The van der Waals surface area contributed by atoms with Crippen molar-refractivity contribution in [2.45, 2.75) is 26.4 Å². The van der Waals surface area contributed by atoms with E-state index < -0.39 is 6.10 Å². The van der Waals surface area contributed by atoms with E-state index in [9.17, 15) is 9.59 Å². The number of ether oxygens (including phenoxy) is 1. The van der Waals surface area contributed by atoms with Gasteiger partial charge in [0.2, 0.25) is 0 Å². The molecule has 2 aromatic rings. The Morgan fingerprint density at radius 3 is 2.89 bits per heavy atom. The number of nitrogens with one attached hydrogen (secondary N) is 1. The highest BCUT2D eigenvalue weighted by atomic mass is 16.5. The van der Waals surface area contributed by atoms with Gasteiger partial charge in [0.25, 0.3) is 5.56 Å². The highest BCUT2D eigenvalue weighted by molar-refractivity contribution is 5.77. The number of aromatic nitrogens is 2. The lowest BCUT2D eigenvalue weighted by Gasteiger charge is -2.12. The molecule has 1 aromatic carbocycles. The van der Waals surface area contributed by atoms with E-state index in [0.717, 1.165) is 0 Å². The maximum absolute atomic E-state index is 11.8. The lowest BCUT2D eigenvalue weighted by Crippen LogP contribution is -2.17. The lowest BCUT2D eigenvalue weighted by molar-refractivity contribution is -0.148. The molecule has 1 aromatic heterocycles. The van der Waals surface area contributed by atoms with Crippen LogP contribution in [0.1, 0.15) is 32.2 Å². The first-order valence-corrected chi connectivity index (χ1v) is 5.80. The predicted octanol–water partition coefficient (Wildman–Crippen LogP) is 1.94. The van der Waals surface area contributed by atoms with Gasteiger partial charge in [-0.15, -0.1) is 0 Å². The van der Waals surface area contributed by atoms with Gasteiger partial charge in [0.05, 0.1) is 10.9 Å². The molecular weight excluding hydrogens is 232 g/mol. The molecular formula is C13H14N2O3. The zero-order valence-electron chi connectivity index (χ0n) is 10.3. The van der Waals surface area contributed by atoms with Crippen LogP contribution in [0.4, 0.5) is 0 Å². The van der Waals surface area contributed by atoms with Crippen molar-refractivity contribution in [2.24, 2.45) is 0 Å². The van der Waals surface area contributed by atoms with Gasteiger partial charge < -0.3 is 9.72 Å². The van der Waals surface area contributed by atoms with Gasteiger partial charge in [-0.05, 0) is 19.1 Å². The van der Waals surface area contributed by atoms with Crippen molar-refractivity contribution < 1.29 is 9.53 Å². The maximum Gasteiger partial charge on any atom is 0.306 e. The minimum Gasteiger partial charge on any atom is -0.454 e. The molecule has 0 aliphatic carbocycles. The van der Waals surface area contributed by atoms with Crippen molar-refractivity contribution in [3.8, 4) is 0 Å². The third-order valence-electron chi connectivity index (χ3n) is 2.61. The van der Waals surface area contributed by atoms with Gasteiger partial charge in [-0.2, -0.15) is 0 Å². The summed E-state index contributed by atoms with van der Waals surface area (Å²) in [5, 5.41) is 0.523. The number of carbonyl (C=O) groups excluding carboxylic acids is 1. The predicted molar refractivity (Wildman–Crippen MR) is 67.2 cm³/mol. The fourth-order valence-electron chi connectivity index (χ4n) is 1.63.